The first-order chi connectivity index (χ1) is 13.7. The van der Waals surface area contributed by atoms with Crippen LogP contribution in [0, 0.1) is 0 Å². The summed E-state index contributed by atoms with van der Waals surface area (Å²) in [4.78, 5) is 16.9. The van der Waals surface area contributed by atoms with Gasteiger partial charge >= 0.3 is 0 Å². The Morgan fingerprint density at radius 1 is 1.00 bits per heavy atom. The molecule has 0 bridgehead atoms. The zero-order valence-electron chi connectivity index (χ0n) is 16.2. The third-order valence-corrected chi connectivity index (χ3v) is 4.19. The summed E-state index contributed by atoms with van der Waals surface area (Å²) in [5.41, 5.74) is 1.74. The molecule has 0 amide bonds. The first-order valence-electron chi connectivity index (χ1n) is 9.48. The second-order valence-electron chi connectivity index (χ2n) is 6.11. The van der Waals surface area contributed by atoms with Crippen LogP contribution < -0.4 is 20.3 Å². The van der Waals surface area contributed by atoms with Crippen LogP contribution in [-0.2, 0) is 6.42 Å². The van der Waals surface area contributed by atoms with E-state index in [1.807, 2.05) is 62.4 Å². The van der Waals surface area contributed by atoms with E-state index in [9.17, 15) is 4.79 Å². The Balaban J connectivity index is 1.69. The summed E-state index contributed by atoms with van der Waals surface area (Å²) < 4.78 is 12.8. The first kappa shape index (κ1) is 19.5. The van der Waals surface area contributed by atoms with Crippen molar-refractivity contribution in [3.05, 3.63) is 76.8 Å². The van der Waals surface area contributed by atoms with Crippen molar-refractivity contribution in [2.75, 3.05) is 25.1 Å². The number of benzene rings is 2. The maximum atomic E-state index is 12.7. The summed E-state index contributed by atoms with van der Waals surface area (Å²) >= 11 is 0. The highest BCUT2D eigenvalue weighted by Gasteiger charge is 2.08. The third kappa shape index (κ3) is 4.71. The molecule has 3 rings (SSSR count). The molecule has 3 aromatic rings. The number of hydrogen-bond acceptors (Lipinski definition) is 5. The molecule has 0 radical (unpaired) electrons. The van der Waals surface area contributed by atoms with Crippen LogP contribution in [0.3, 0.4) is 0 Å². The molecule has 0 aliphatic heterocycles. The Bertz CT molecular complexity index is 955. The smallest absolute Gasteiger partial charge is 0.297 e. The highest BCUT2D eigenvalue weighted by Crippen LogP contribution is 2.28. The van der Waals surface area contributed by atoms with Crippen LogP contribution in [0.2, 0.25) is 0 Å². The number of nitrogens with zero attached hydrogens (tertiary/aromatic N) is 2. The zero-order valence-corrected chi connectivity index (χ0v) is 16.2. The monoisotopic (exact) mass is 379 g/mol. The minimum atomic E-state index is -0.171. The molecule has 146 valence electrons. The lowest BCUT2D eigenvalue weighted by atomic mass is 10.1. The molecule has 0 spiro atoms. The number of anilines is 1. The SMILES string of the molecule is CCOc1ccc(CCNc2nccn(-c3ccccc3)c2=O)cc1OCC. The molecule has 2 aromatic carbocycles. The van der Waals surface area contributed by atoms with Gasteiger partial charge in [0.2, 0.25) is 0 Å². The molecule has 0 atom stereocenters. The van der Waals surface area contributed by atoms with Crippen molar-refractivity contribution in [2.24, 2.45) is 0 Å². The van der Waals surface area contributed by atoms with Gasteiger partial charge in [0.15, 0.2) is 17.3 Å². The Morgan fingerprint density at radius 2 is 1.75 bits per heavy atom. The zero-order chi connectivity index (χ0) is 19.8. The van der Waals surface area contributed by atoms with Crippen molar-refractivity contribution >= 4 is 5.82 Å². The minimum absolute atomic E-state index is 0.171. The van der Waals surface area contributed by atoms with E-state index in [4.69, 9.17) is 9.47 Å². The van der Waals surface area contributed by atoms with Crippen LogP contribution >= 0.6 is 0 Å². The van der Waals surface area contributed by atoms with Crippen molar-refractivity contribution in [2.45, 2.75) is 20.3 Å². The molecule has 6 heteroatoms. The Hall–Kier alpha value is -3.28. The minimum Gasteiger partial charge on any atom is -0.490 e. The van der Waals surface area contributed by atoms with Gasteiger partial charge in [0.25, 0.3) is 5.56 Å². The van der Waals surface area contributed by atoms with Gasteiger partial charge in [-0.1, -0.05) is 24.3 Å². The van der Waals surface area contributed by atoms with Crippen molar-refractivity contribution < 1.29 is 9.47 Å². The van der Waals surface area contributed by atoms with E-state index in [0.29, 0.717) is 25.6 Å². The highest BCUT2D eigenvalue weighted by atomic mass is 16.5. The van der Waals surface area contributed by atoms with E-state index in [1.165, 1.54) is 0 Å². The van der Waals surface area contributed by atoms with E-state index in [2.05, 4.69) is 10.3 Å². The van der Waals surface area contributed by atoms with Gasteiger partial charge < -0.3 is 14.8 Å². The molecule has 0 aliphatic rings. The Kier molecular flexibility index (Phi) is 6.68. The predicted octanol–water partition coefficient (Wildman–Crippen LogP) is 3.68. The van der Waals surface area contributed by atoms with Gasteiger partial charge in [0.1, 0.15) is 0 Å². The van der Waals surface area contributed by atoms with E-state index < -0.39 is 0 Å². The number of nitrogens with one attached hydrogen (secondary N) is 1. The summed E-state index contributed by atoms with van der Waals surface area (Å²) in [7, 11) is 0. The van der Waals surface area contributed by atoms with Gasteiger partial charge in [-0.3, -0.25) is 9.36 Å². The fourth-order valence-corrected chi connectivity index (χ4v) is 2.90. The summed E-state index contributed by atoms with van der Waals surface area (Å²) in [5, 5.41) is 3.15. The quantitative estimate of drug-likeness (QED) is 0.614. The summed E-state index contributed by atoms with van der Waals surface area (Å²) in [6.45, 7) is 5.65. The third-order valence-electron chi connectivity index (χ3n) is 4.19. The maximum absolute atomic E-state index is 12.7. The number of hydrogen-bond donors (Lipinski definition) is 1. The number of ether oxygens (including phenoxy) is 2. The Morgan fingerprint density at radius 3 is 2.50 bits per heavy atom. The van der Waals surface area contributed by atoms with Crippen LogP contribution in [0.1, 0.15) is 19.4 Å². The summed E-state index contributed by atoms with van der Waals surface area (Å²) in [5.74, 6) is 1.82. The molecular formula is C22H25N3O3. The van der Waals surface area contributed by atoms with Crippen molar-refractivity contribution in [1.82, 2.24) is 9.55 Å². The van der Waals surface area contributed by atoms with Crippen molar-refractivity contribution in [3.63, 3.8) is 0 Å². The fraction of sp³-hybridized carbons (Fsp3) is 0.273. The lowest BCUT2D eigenvalue weighted by Gasteiger charge is -2.13. The van der Waals surface area contributed by atoms with Gasteiger partial charge in [-0.2, -0.15) is 0 Å². The molecular weight excluding hydrogens is 354 g/mol. The van der Waals surface area contributed by atoms with Gasteiger partial charge in [-0.25, -0.2) is 4.98 Å². The maximum Gasteiger partial charge on any atom is 0.297 e. The first-order valence-corrected chi connectivity index (χ1v) is 9.48. The van der Waals surface area contributed by atoms with E-state index in [-0.39, 0.29) is 5.56 Å². The van der Waals surface area contributed by atoms with Gasteiger partial charge in [0.05, 0.1) is 13.2 Å². The Labute approximate surface area is 164 Å². The topological polar surface area (TPSA) is 65.4 Å². The second-order valence-corrected chi connectivity index (χ2v) is 6.11. The molecule has 1 aromatic heterocycles. The van der Waals surface area contributed by atoms with E-state index >= 15 is 0 Å². The average molecular weight is 379 g/mol. The largest absolute Gasteiger partial charge is 0.490 e. The number of rotatable bonds is 9. The standard InChI is InChI=1S/C22H25N3O3/c1-3-27-19-11-10-17(16-20(19)28-4-2)12-13-23-21-22(26)25(15-14-24-21)18-8-6-5-7-9-18/h5-11,14-16H,3-4,12-13H2,1-2H3,(H,23,24). The lowest BCUT2D eigenvalue weighted by molar-refractivity contribution is 0.287. The number of aromatic nitrogens is 2. The van der Waals surface area contributed by atoms with Gasteiger partial charge in [-0.15, -0.1) is 0 Å². The molecule has 0 saturated heterocycles. The molecule has 0 unspecified atom stereocenters. The molecule has 0 saturated carbocycles. The highest BCUT2D eigenvalue weighted by molar-refractivity contribution is 5.44. The molecule has 0 aliphatic carbocycles. The van der Waals surface area contributed by atoms with Gasteiger partial charge in [-0.05, 0) is 50.1 Å². The van der Waals surface area contributed by atoms with Crippen molar-refractivity contribution in [1.29, 1.82) is 0 Å². The van der Waals surface area contributed by atoms with Crippen LogP contribution in [-0.4, -0.2) is 29.3 Å². The molecule has 1 heterocycles. The van der Waals surface area contributed by atoms with Crippen LogP contribution in [0.25, 0.3) is 5.69 Å². The lowest BCUT2D eigenvalue weighted by Crippen LogP contribution is -2.23. The van der Waals surface area contributed by atoms with E-state index in [0.717, 1.165) is 29.2 Å². The summed E-state index contributed by atoms with van der Waals surface area (Å²) in [6.07, 6.45) is 4.03. The van der Waals surface area contributed by atoms with Crippen LogP contribution in [0.15, 0.2) is 65.7 Å². The fourth-order valence-electron chi connectivity index (χ4n) is 2.90. The predicted molar refractivity (Wildman–Crippen MR) is 111 cm³/mol. The van der Waals surface area contributed by atoms with E-state index in [1.54, 1.807) is 17.0 Å². The average Bonchev–Trinajstić information content (AvgIpc) is 2.72. The summed E-state index contributed by atoms with van der Waals surface area (Å²) in [6, 6.07) is 15.4. The van der Waals surface area contributed by atoms with Crippen LogP contribution in [0.5, 0.6) is 11.5 Å². The van der Waals surface area contributed by atoms with Crippen molar-refractivity contribution in [3.8, 4) is 17.2 Å². The van der Waals surface area contributed by atoms with Crippen LogP contribution in [0.4, 0.5) is 5.82 Å². The normalized spacial score (nSPS) is 10.5. The molecule has 6 nitrogen and oxygen atoms in total. The van der Waals surface area contributed by atoms with Gasteiger partial charge in [0, 0.05) is 24.6 Å². The second kappa shape index (κ2) is 9.60. The molecule has 1 N–H and O–H groups in total. The number of para-hydroxylation sites is 1. The molecule has 28 heavy (non-hydrogen) atoms. The molecule has 0 fully saturated rings.